The lowest BCUT2D eigenvalue weighted by Gasteiger charge is -2.25. The van der Waals surface area contributed by atoms with E-state index in [1.54, 1.807) is 4.90 Å². The molecule has 1 aromatic rings. The van der Waals surface area contributed by atoms with Crippen LogP contribution in [0, 0.1) is 19.8 Å². The summed E-state index contributed by atoms with van der Waals surface area (Å²) >= 11 is 0. The Kier molecular flexibility index (Phi) is 7.03. The Balaban J connectivity index is 2.08. The third kappa shape index (κ3) is 4.83. The minimum absolute atomic E-state index is 0.0625. The maximum absolute atomic E-state index is 12.9. The Morgan fingerprint density at radius 1 is 1.12 bits per heavy atom. The van der Waals surface area contributed by atoms with E-state index >= 15 is 0 Å². The molecule has 2 rings (SSSR count). The predicted octanol–water partition coefficient (Wildman–Crippen LogP) is 4.09. The van der Waals surface area contributed by atoms with E-state index in [9.17, 15) is 9.59 Å². The molecule has 1 fully saturated rings. The van der Waals surface area contributed by atoms with Crippen molar-refractivity contribution in [1.29, 1.82) is 0 Å². The maximum atomic E-state index is 12.9. The summed E-state index contributed by atoms with van der Waals surface area (Å²) < 4.78 is 0. The van der Waals surface area contributed by atoms with Crippen LogP contribution in [0.3, 0.4) is 0 Å². The van der Waals surface area contributed by atoms with E-state index in [4.69, 9.17) is 0 Å². The molecular weight excluding hydrogens is 312 g/mol. The van der Waals surface area contributed by atoms with Crippen LogP contribution in [0.25, 0.3) is 0 Å². The van der Waals surface area contributed by atoms with Crippen LogP contribution < -0.4 is 4.90 Å². The van der Waals surface area contributed by atoms with Gasteiger partial charge < -0.3 is 9.80 Å². The summed E-state index contributed by atoms with van der Waals surface area (Å²) in [4.78, 5) is 29.2. The Hall–Kier alpha value is -1.84. The van der Waals surface area contributed by atoms with Gasteiger partial charge in [-0.1, -0.05) is 32.8 Å². The van der Waals surface area contributed by atoms with Crippen molar-refractivity contribution in [3.8, 4) is 0 Å². The van der Waals surface area contributed by atoms with Gasteiger partial charge in [-0.25, -0.2) is 0 Å². The largest absolute Gasteiger partial charge is 0.342 e. The van der Waals surface area contributed by atoms with E-state index in [1.807, 2.05) is 23.1 Å². The number of rotatable bonds is 8. The average molecular weight is 344 g/mol. The highest BCUT2D eigenvalue weighted by Gasteiger charge is 2.37. The van der Waals surface area contributed by atoms with Crippen LogP contribution in [0.2, 0.25) is 0 Å². The Morgan fingerprint density at radius 2 is 1.76 bits per heavy atom. The molecule has 1 aliphatic rings. The molecule has 0 bridgehead atoms. The topological polar surface area (TPSA) is 40.6 Å². The molecule has 1 aromatic carbocycles. The molecule has 1 saturated heterocycles. The molecule has 1 aliphatic heterocycles. The van der Waals surface area contributed by atoms with E-state index in [1.165, 1.54) is 11.1 Å². The number of unbranched alkanes of at least 4 members (excludes halogenated alkanes) is 2. The quantitative estimate of drug-likeness (QED) is 0.713. The van der Waals surface area contributed by atoms with E-state index in [0.29, 0.717) is 13.0 Å². The Labute approximate surface area is 152 Å². The predicted molar refractivity (Wildman–Crippen MR) is 103 cm³/mol. The first-order chi connectivity index (χ1) is 12.0. The summed E-state index contributed by atoms with van der Waals surface area (Å²) in [7, 11) is 0. The number of carbonyl (C=O) groups is 2. The molecule has 2 amide bonds. The van der Waals surface area contributed by atoms with Gasteiger partial charge in [0, 0.05) is 31.7 Å². The smallest absolute Gasteiger partial charge is 0.228 e. The van der Waals surface area contributed by atoms with Gasteiger partial charge in [0.1, 0.15) is 0 Å². The summed E-state index contributed by atoms with van der Waals surface area (Å²) in [5.74, 6) is 0.0111. The number of carbonyl (C=O) groups excluding carboxylic acids is 2. The number of aryl methyl sites for hydroxylation is 2. The molecule has 0 spiro atoms. The van der Waals surface area contributed by atoms with Crippen LogP contribution in [0.15, 0.2) is 18.2 Å². The molecule has 1 heterocycles. The van der Waals surface area contributed by atoms with Crippen molar-refractivity contribution in [2.45, 2.75) is 59.8 Å². The van der Waals surface area contributed by atoms with Crippen molar-refractivity contribution < 1.29 is 9.59 Å². The first-order valence-corrected chi connectivity index (χ1v) is 9.64. The van der Waals surface area contributed by atoms with Gasteiger partial charge in [-0.05, 0) is 49.9 Å². The minimum Gasteiger partial charge on any atom is -0.342 e. The summed E-state index contributed by atoms with van der Waals surface area (Å²) in [6.07, 6.45) is 4.54. The van der Waals surface area contributed by atoms with Gasteiger partial charge in [0.05, 0.1) is 5.92 Å². The van der Waals surface area contributed by atoms with Gasteiger partial charge >= 0.3 is 0 Å². The second kappa shape index (κ2) is 9.02. The molecule has 1 atom stereocenters. The third-order valence-electron chi connectivity index (χ3n) is 5.15. The van der Waals surface area contributed by atoms with Gasteiger partial charge in [-0.15, -0.1) is 0 Å². The SMILES string of the molecule is CCCCN(CCCC)C(=O)[C@@H]1CC(=O)N(c2ccc(C)c(C)c2)C1. The molecule has 0 aliphatic carbocycles. The van der Waals surface area contributed by atoms with E-state index in [-0.39, 0.29) is 17.7 Å². The maximum Gasteiger partial charge on any atom is 0.228 e. The second-order valence-electron chi connectivity index (χ2n) is 7.21. The van der Waals surface area contributed by atoms with Crippen LogP contribution in [-0.4, -0.2) is 36.3 Å². The lowest BCUT2D eigenvalue weighted by molar-refractivity contribution is -0.136. The molecule has 0 unspecified atom stereocenters. The Bertz CT molecular complexity index is 604. The molecule has 25 heavy (non-hydrogen) atoms. The van der Waals surface area contributed by atoms with E-state index in [0.717, 1.165) is 44.5 Å². The van der Waals surface area contributed by atoms with Gasteiger partial charge in [-0.2, -0.15) is 0 Å². The highest BCUT2D eigenvalue weighted by atomic mass is 16.2. The fourth-order valence-corrected chi connectivity index (χ4v) is 3.30. The molecule has 138 valence electrons. The highest BCUT2D eigenvalue weighted by Crippen LogP contribution is 2.28. The van der Waals surface area contributed by atoms with Crippen LogP contribution in [0.5, 0.6) is 0 Å². The Morgan fingerprint density at radius 3 is 2.32 bits per heavy atom. The van der Waals surface area contributed by atoms with Crippen LogP contribution in [-0.2, 0) is 9.59 Å². The van der Waals surface area contributed by atoms with Gasteiger partial charge in [-0.3, -0.25) is 9.59 Å². The minimum atomic E-state index is -0.206. The zero-order valence-electron chi connectivity index (χ0n) is 16.2. The zero-order chi connectivity index (χ0) is 18.4. The fraction of sp³-hybridized carbons (Fsp3) is 0.619. The molecule has 4 heteroatoms. The van der Waals surface area contributed by atoms with Crippen molar-refractivity contribution in [2.24, 2.45) is 5.92 Å². The van der Waals surface area contributed by atoms with Crippen molar-refractivity contribution in [1.82, 2.24) is 4.90 Å². The summed E-state index contributed by atoms with van der Waals surface area (Å²) in [5.41, 5.74) is 3.30. The third-order valence-corrected chi connectivity index (χ3v) is 5.15. The van der Waals surface area contributed by atoms with E-state index < -0.39 is 0 Å². The first-order valence-electron chi connectivity index (χ1n) is 9.64. The van der Waals surface area contributed by atoms with E-state index in [2.05, 4.69) is 27.7 Å². The van der Waals surface area contributed by atoms with Crippen LogP contribution in [0.1, 0.15) is 57.1 Å². The summed E-state index contributed by atoms with van der Waals surface area (Å²) in [6.45, 7) is 10.5. The zero-order valence-corrected chi connectivity index (χ0v) is 16.2. The number of hydrogen-bond acceptors (Lipinski definition) is 2. The monoisotopic (exact) mass is 344 g/mol. The number of amides is 2. The van der Waals surface area contributed by atoms with Crippen molar-refractivity contribution in [3.05, 3.63) is 29.3 Å². The highest BCUT2D eigenvalue weighted by molar-refractivity contribution is 6.00. The summed E-state index contributed by atoms with van der Waals surface area (Å²) in [5, 5.41) is 0. The van der Waals surface area contributed by atoms with Crippen LogP contribution in [0.4, 0.5) is 5.69 Å². The number of anilines is 1. The second-order valence-corrected chi connectivity index (χ2v) is 7.21. The van der Waals surface area contributed by atoms with Crippen molar-refractivity contribution in [3.63, 3.8) is 0 Å². The van der Waals surface area contributed by atoms with Crippen LogP contribution >= 0.6 is 0 Å². The van der Waals surface area contributed by atoms with Crippen molar-refractivity contribution >= 4 is 17.5 Å². The van der Waals surface area contributed by atoms with Crippen molar-refractivity contribution in [2.75, 3.05) is 24.5 Å². The first kappa shape index (κ1) is 19.5. The number of hydrogen-bond donors (Lipinski definition) is 0. The fourth-order valence-electron chi connectivity index (χ4n) is 3.30. The standard InChI is InChI=1S/C21H32N2O2/c1-5-7-11-22(12-8-6-2)21(25)18-14-20(24)23(15-18)19-10-9-16(3)17(4)13-19/h9-10,13,18H,5-8,11-12,14-15H2,1-4H3/t18-/m1/s1. The lowest BCUT2D eigenvalue weighted by atomic mass is 10.1. The van der Waals surface area contributed by atoms with Gasteiger partial charge in [0.2, 0.25) is 11.8 Å². The molecular formula is C21H32N2O2. The summed E-state index contributed by atoms with van der Waals surface area (Å²) in [6, 6.07) is 6.08. The van der Waals surface area contributed by atoms with Gasteiger partial charge in [0.15, 0.2) is 0 Å². The normalized spacial score (nSPS) is 17.2. The lowest BCUT2D eigenvalue weighted by Crippen LogP contribution is -2.38. The number of nitrogens with zero attached hydrogens (tertiary/aromatic N) is 2. The molecule has 0 aromatic heterocycles. The molecule has 0 saturated carbocycles. The van der Waals surface area contributed by atoms with Gasteiger partial charge in [0.25, 0.3) is 0 Å². The number of benzene rings is 1. The average Bonchev–Trinajstić information content (AvgIpc) is 2.99. The molecule has 4 nitrogen and oxygen atoms in total. The molecule has 0 radical (unpaired) electrons. The molecule has 0 N–H and O–H groups in total.